The number of nitrogens with one attached hydrogen (secondary N) is 3. The van der Waals surface area contributed by atoms with E-state index in [2.05, 4.69) is 16.0 Å². The standard InChI is InChI=1S/C17H34N6O6/c18-7-3-1-5-11(20)15(26)21-9-14(25)22-13(10-24)16(27)23-12(17(28)29)6-2-4-8-19/h11-13,24H,1-10,18-20H2,(H,21,26)(H,22,25)(H,23,27)(H,28,29). The van der Waals surface area contributed by atoms with Crippen LogP contribution in [0, 0.1) is 0 Å². The van der Waals surface area contributed by atoms with Crippen molar-refractivity contribution >= 4 is 23.7 Å². The highest BCUT2D eigenvalue weighted by Crippen LogP contribution is 2.02. The van der Waals surface area contributed by atoms with Crippen LogP contribution < -0.4 is 33.2 Å². The van der Waals surface area contributed by atoms with Crippen molar-refractivity contribution in [2.45, 2.75) is 56.7 Å². The van der Waals surface area contributed by atoms with Crippen molar-refractivity contribution < 1.29 is 29.4 Å². The van der Waals surface area contributed by atoms with Crippen LogP contribution in [0.1, 0.15) is 38.5 Å². The molecule has 12 nitrogen and oxygen atoms in total. The minimum Gasteiger partial charge on any atom is -0.480 e. The van der Waals surface area contributed by atoms with E-state index in [1.54, 1.807) is 0 Å². The first kappa shape index (κ1) is 26.7. The normalized spacial score (nSPS) is 13.8. The summed E-state index contributed by atoms with van der Waals surface area (Å²) in [6.45, 7) is -0.277. The molecule has 29 heavy (non-hydrogen) atoms. The highest BCUT2D eigenvalue weighted by molar-refractivity contribution is 5.92. The molecular formula is C17H34N6O6. The highest BCUT2D eigenvalue weighted by Gasteiger charge is 2.26. The number of carboxylic acid groups (broad SMARTS) is 1. The van der Waals surface area contributed by atoms with Gasteiger partial charge in [-0.1, -0.05) is 6.42 Å². The molecular weight excluding hydrogens is 384 g/mol. The summed E-state index contributed by atoms with van der Waals surface area (Å²) in [5.74, 6) is -3.31. The second-order valence-corrected chi connectivity index (χ2v) is 6.60. The number of hydrogen-bond acceptors (Lipinski definition) is 8. The molecule has 12 heteroatoms. The second-order valence-electron chi connectivity index (χ2n) is 6.60. The smallest absolute Gasteiger partial charge is 0.326 e. The molecule has 0 fully saturated rings. The predicted octanol–water partition coefficient (Wildman–Crippen LogP) is -3.27. The predicted molar refractivity (Wildman–Crippen MR) is 105 cm³/mol. The van der Waals surface area contributed by atoms with Crippen molar-refractivity contribution in [3.05, 3.63) is 0 Å². The zero-order valence-corrected chi connectivity index (χ0v) is 16.6. The van der Waals surface area contributed by atoms with Gasteiger partial charge in [0.25, 0.3) is 0 Å². The van der Waals surface area contributed by atoms with E-state index in [4.69, 9.17) is 17.2 Å². The van der Waals surface area contributed by atoms with Crippen LogP contribution in [0.4, 0.5) is 0 Å². The summed E-state index contributed by atoms with van der Waals surface area (Å²) in [7, 11) is 0. The molecule has 168 valence electrons. The first-order valence-corrected chi connectivity index (χ1v) is 9.63. The maximum absolute atomic E-state index is 12.2. The maximum atomic E-state index is 12.2. The van der Waals surface area contributed by atoms with Crippen LogP contribution in [0.2, 0.25) is 0 Å². The van der Waals surface area contributed by atoms with Gasteiger partial charge in [-0.3, -0.25) is 14.4 Å². The molecule has 0 bridgehead atoms. The van der Waals surface area contributed by atoms with Crippen molar-refractivity contribution in [2.75, 3.05) is 26.2 Å². The number of rotatable bonds is 16. The van der Waals surface area contributed by atoms with E-state index < -0.39 is 55.0 Å². The van der Waals surface area contributed by atoms with Gasteiger partial charge in [-0.15, -0.1) is 0 Å². The molecule has 0 spiro atoms. The Morgan fingerprint density at radius 2 is 1.41 bits per heavy atom. The van der Waals surface area contributed by atoms with Gasteiger partial charge in [0.1, 0.15) is 12.1 Å². The van der Waals surface area contributed by atoms with Crippen LogP contribution in [0.15, 0.2) is 0 Å². The number of aliphatic carboxylic acids is 1. The van der Waals surface area contributed by atoms with Gasteiger partial charge < -0.3 is 43.4 Å². The summed E-state index contributed by atoms with van der Waals surface area (Å²) in [5, 5.41) is 25.4. The molecule has 0 saturated heterocycles. The van der Waals surface area contributed by atoms with Crippen LogP contribution in [0.25, 0.3) is 0 Å². The first-order valence-electron chi connectivity index (χ1n) is 9.63. The lowest BCUT2D eigenvalue weighted by molar-refractivity contribution is -0.142. The van der Waals surface area contributed by atoms with Gasteiger partial charge in [-0.2, -0.15) is 0 Å². The van der Waals surface area contributed by atoms with Gasteiger partial charge in [0.2, 0.25) is 17.7 Å². The van der Waals surface area contributed by atoms with Gasteiger partial charge in [0.05, 0.1) is 19.2 Å². The van der Waals surface area contributed by atoms with E-state index >= 15 is 0 Å². The van der Waals surface area contributed by atoms with Gasteiger partial charge >= 0.3 is 5.97 Å². The Morgan fingerprint density at radius 3 is 1.93 bits per heavy atom. The van der Waals surface area contributed by atoms with E-state index in [0.29, 0.717) is 38.8 Å². The Labute approximate surface area is 169 Å². The quantitative estimate of drug-likeness (QED) is 0.118. The Bertz CT molecular complexity index is 533. The molecule has 0 radical (unpaired) electrons. The zero-order chi connectivity index (χ0) is 22.2. The molecule has 3 atom stereocenters. The number of carboxylic acids is 1. The maximum Gasteiger partial charge on any atom is 0.326 e. The van der Waals surface area contributed by atoms with Crippen molar-refractivity contribution in [2.24, 2.45) is 17.2 Å². The molecule has 0 rings (SSSR count). The number of aliphatic hydroxyl groups excluding tert-OH is 1. The van der Waals surface area contributed by atoms with Crippen molar-refractivity contribution in [3.63, 3.8) is 0 Å². The Balaban J connectivity index is 4.49. The fourth-order valence-corrected chi connectivity index (χ4v) is 2.40. The Hall–Kier alpha value is -2.28. The molecule has 0 aliphatic rings. The van der Waals surface area contributed by atoms with E-state index in [0.717, 1.165) is 6.42 Å². The van der Waals surface area contributed by atoms with Crippen molar-refractivity contribution in [3.8, 4) is 0 Å². The Morgan fingerprint density at radius 1 is 0.828 bits per heavy atom. The molecule has 11 N–H and O–H groups in total. The van der Waals surface area contributed by atoms with E-state index in [9.17, 15) is 29.4 Å². The summed E-state index contributed by atoms with van der Waals surface area (Å²) >= 11 is 0. The number of hydrogen-bond donors (Lipinski definition) is 8. The van der Waals surface area contributed by atoms with Crippen molar-refractivity contribution in [1.29, 1.82) is 0 Å². The van der Waals surface area contributed by atoms with Crippen LogP contribution in [-0.2, 0) is 19.2 Å². The summed E-state index contributed by atoms with van der Waals surface area (Å²) in [6.07, 6.45) is 3.11. The molecule has 3 amide bonds. The molecule has 0 aromatic heterocycles. The second kappa shape index (κ2) is 15.6. The minimum atomic E-state index is -1.35. The number of carbonyl (C=O) groups excluding carboxylic acids is 3. The molecule has 0 aromatic carbocycles. The third-order valence-electron chi connectivity index (χ3n) is 4.12. The summed E-state index contributed by atoms with van der Waals surface area (Å²) in [4.78, 5) is 47.2. The Kier molecular flexibility index (Phi) is 14.4. The summed E-state index contributed by atoms with van der Waals surface area (Å²) in [6, 6.07) is -3.30. The van der Waals surface area contributed by atoms with Gasteiger partial charge in [0.15, 0.2) is 0 Å². The largest absolute Gasteiger partial charge is 0.480 e. The van der Waals surface area contributed by atoms with Crippen molar-refractivity contribution in [1.82, 2.24) is 16.0 Å². The van der Waals surface area contributed by atoms with Crippen LogP contribution in [-0.4, -0.2) is 78.3 Å². The number of aliphatic hydroxyl groups is 1. The fourth-order valence-electron chi connectivity index (χ4n) is 2.40. The fraction of sp³-hybridized carbons (Fsp3) is 0.765. The van der Waals surface area contributed by atoms with E-state index in [-0.39, 0.29) is 6.42 Å². The molecule has 0 heterocycles. The third kappa shape index (κ3) is 12.0. The lowest BCUT2D eigenvalue weighted by Gasteiger charge is -2.20. The highest BCUT2D eigenvalue weighted by atomic mass is 16.4. The van der Waals surface area contributed by atoms with E-state index in [1.165, 1.54) is 0 Å². The number of unbranched alkanes of at least 4 members (excludes halogenated alkanes) is 2. The number of carbonyl (C=O) groups is 4. The zero-order valence-electron chi connectivity index (χ0n) is 16.6. The van der Waals surface area contributed by atoms with Crippen LogP contribution in [0.3, 0.4) is 0 Å². The lowest BCUT2D eigenvalue weighted by atomic mass is 10.1. The average Bonchev–Trinajstić information content (AvgIpc) is 2.69. The number of nitrogens with two attached hydrogens (primary N) is 3. The molecule has 0 aliphatic carbocycles. The topological polar surface area (TPSA) is 223 Å². The van der Waals surface area contributed by atoms with Crippen LogP contribution >= 0.6 is 0 Å². The third-order valence-corrected chi connectivity index (χ3v) is 4.12. The minimum absolute atomic E-state index is 0.169. The SMILES string of the molecule is NCCCCC(N)C(=O)NCC(=O)NC(CO)C(=O)NC(CCCCN)C(=O)O. The first-order chi connectivity index (χ1) is 13.8. The summed E-state index contributed by atoms with van der Waals surface area (Å²) in [5.41, 5.74) is 16.4. The van der Waals surface area contributed by atoms with Gasteiger partial charge in [-0.05, 0) is 45.2 Å². The number of amides is 3. The van der Waals surface area contributed by atoms with Crippen LogP contribution in [0.5, 0.6) is 0 Å². The monoisotopic (exact) mass is 418 g/mol. The molecule has 3 unspecified atom stereocenters. The van der Waals surface area contributed by atoms with Gasteiger partial charge in [-0.25, -0.2) is 4.79 Å². The molecule has 0 aromatic rings. The summed E-state index contributed by atoms with van der Waals surface area (Å²) < 4.78 is 0. The lowest BCUT2D eigenvalue weighted by Crippen LogP contribution is -2.55. The molecule has 0 aliphatic heterocycles. The van der Waals surface area contributed by atoms with E-state index in [1.807, 2.05) is 0 Å². The van der Waals surface area contributed by atoms with Gasteiger partial charge in [0, 0.05) is 0 Å². The molecule has 0 saturated carbocycles. The average molecular weight is 418 g/mol.